The molecule has 0 saturated heterocycles. The number of rotatable bonds is 3. The summed E-state index contributed by atoms with van der Waals surface area (Å²) < 4.78 is 17.5. The molecule has 2 heterocycles. The molecule has 3 aromatic carbocycles. The molecule has 0 aliphatic carbocycles. The SMILES string of the molecule is Fc1ccccc1[C@H]1C[C@H](c2ccc(Br)cc2)Nc2nc(-c3ccccc3)nn21. The van der Waals surface area contributed by atoms with E-state index >= 15 is 0 Å². The van der Waals surface area contributed by atoms with Crippen molar-refractivity contribution < 1.29 is 4.39 Å². The molecule has 0 amide bonds. The molecule has 1 N–H and O–H groups in total. The van der Waals surface area contributed by atoms with Crippen molar-refractivity contribution >= 4 is 21.9 Å². The maximum Gasteiger partial charge on any atom is 0.222 e. The highest BCUT2D eigenvalue weighted by Gasteiger charge is 2.32. The number of hydrogen-bond acceptors (Lipinski definition) is 3. The summed E-state index contributed by atoms with van der Waals surface area (Å²) in [4.78, 5) is 4.73. The Kier molecular flexibility index (Phi) is 4.64. The van der Waals surface area contributed by atoms with E-state index in [1.165, 1.54) is 6.07 Å². The monoisotopic (exact) mass is 448 g/mol. The molecule has 4 aromatic rings. The van der Waals surface area contributed by atoms with E-state index in [1.807, 2.05) is 59.3 Å². The zero-order chi connectivity index (χ0) is 19.8. The predicted octanol–water partition coefficient (Wildman–Crippen LogP) is 5.99. The molecule has 0 fully saturated rings. The third-order valence-electron chi connectivity index (χ3n) is 5.26. The molecular weight excluding hydrogens is 431 g/mol. The first-order valence-corrected chi connectivity index (χ1v) is 10.3. The van der Waals surface area contributed by atoms with Crippen LogP contribution in [0.5, 0.6) is 0 Å². The lowest BCUT2D eigenvalue weighted by Gasteiger charge is -2.32. The van der Waals surface area contributed by atoms with Crippen molar-refractivity contribution in [3.63, 3.8) is 0 Å². The molecule has 6 heteroatoms. The number of anilines is 1. The van der Waals surface area contributed by atoms with E-state index in [1.54, 1.807) is 6.07 Å². The van der Waals surface area contributed by atoms with Crippen molar-refractivity contribution in [2.45, 2.75) is 18.5 Å². The molecule has 144 valence electrons. The quantitative estimate of drug-likeness (QED) is 0.418. The van der Waals surface area contributed by atoms with Gasteiger partial charge in [0.15, 0.2) is 5.82 Å². The summed E-state index contributed by atoms with van der Waals surface area (Å²) in [5, 5.41) is 8.22. The number of aromatic nitrogens is 3. The topological polar surface area (TPSA) is 42.7 Å². The summed E-state index contributed by atoms with van der Waals surface area (Å²) in [7, 11) is 0. The zero-order valence-corrected chi connectivity index (χ0v) is 17.1. The molecule has 0 bridgehead atoms. The minimum Gasteiger partial charge on any atom is -0.347 e. The minimum absolute atomic E-state index is 0.00743. The zero-order valence-electron chi connectivity index (χ0n) is 15.5. The Morgan fingerprint density at radius 3 is 2.41 bits per heavy atom. The van der Waals surface area contributed by atoms with Crippen molar-refractivity contribution in [3.05, 3.63) is 100 Å². The van der Waals surface area contributed by atoms with Gasteiger partial charge in [-0.25, -0.2) is 9.07 Å². The molecule has 0 saturated carbocycles. The van der Waals surface area contributed by atoms with Gasteiger partial charge in [-0.15, -0.1) is 5.10 Å². The van der Waals surface area contributed by atoms with Gasteiger partial charge < -0.3 is 5.32 Å². The average molecular weight is 449 g/mol. The van der Waals surface area contributed by atoms with Gasteiger partial charge in [0.1, 0.15) is 5.82 Å². The van der Waals surface area contributed by atoms with Crippen LogP contribution in [0.4, 0.5) is 10.3 Å². The summed E-state index contributed by atoms with van der Waals surface area (Å²) in [6.07, 6.45) is 0.674. The summed E-state index contributed by atoms with van der Waals surface area (Å²) in [6.45, 7) is 0. The highest BCUT2D eigenvalue weighted by Crippen LogP contribution is 2.39. The van der Waals surface area contributed by atoms with Crippen molar-refractivity contribution in [2.24, 2.45) is 0 Å². The minimum atomic E-state index is -0.244. The van der Waals surface area contributed by atoms with Crippen LogP contribution in [-0.2, 0) is 0 Å². The Bertz CT molecular complexity index is 1140. The van der Waals surface area contributed by atoms with Gasteiger partial charge in [-0.1, -0.05) is 76.6 Å². The maximum atomic E-state index is 14.7. The largest absolute Gasteiger partial charge is 0.347 e. The fraction of sp³-hybridized carbons (Fsp3) is 0.130. The molecule has 0 radical (unpaired) electrons. The van der Waals surface area contributed by atoms with Crippen LogP contribution >= 0.6 is 15.9 Å². The number of hydrogen-bond donors (Lipinski definition) is 1. The number of halogens is 2. The van der Waals surface area contributed by atoms with Crippen molar-refractivity contribution in [1.82, 2.24) is 14.8 Å². The van der Waals surface area contributed by atoms with Gasteiger partial charge in [0, 0.05) is 15.6 Å². The van der Waals surface area contributed by atoms with Gasteiger partial charge >= 0.3 is 0 Å². The second kappa shape index (κ2) is 7.44. The van der Waals surface area contributed by atoms with E-state index in [-0.39, 0.29) is 17.9 Å². The normalized spacial score (nSPS) is 18.1. The smallest absolute Gasteiger partial charge is 0.222 e. The lowest BCUT2D eigenvalue weighted by Crippen LogP contribution is -2.28. The van der Waals surface area contributed by atoms with Crippen LogP contribution in [0.1, 0.15) is 29.6 Å². The van der Waals surface area contributed by atoms with Gasteiger partial charge in [0.2, 0.25) is 5.95 Å². The second-order valence-corrected chi connectivity index (χ2v) is 8.01. The standard InChI is InChI=1S/C23H18BrFN4/c24-17-12-10-15(11-13-17)20-14-21(18-8-4-5-9-19(18)25)29-23(26-20)27-22(28-29)16-6-2-1-3-7-16/h1-13,20-21H,14H2,(H,26,27,28)/t20-,21-/m1/s1. The highest BCUT2D eigenvalue weighted by atomic mass is 79.9. The molecule has 0 unspecified atom stereocenters. The predicted molar refractivity (Wildman–Crippen MR) is 115 cm³/mol. The fourth-order valence-electron chi connectivity index (χ4n) is 3.80. The van der Waals surface area contributed by atoms with E-state index in [9.17, 15) is 4.39 Å². The fourth-order valence-corrected chi connectivity index (χ4v) is 4.07. The Labute approximate surface area is 176 Å². The average Bonchev–Trinajstić information content (AvgIpc) is 3.19. The molecule has 2 atom stereocenters. The van der Waals surface area contributed by atoms with Gasteiger partial charge in [0.25, 0.3) is 0 Å². The van der Waals surface area contributed by atoms with Crippen molar-refractivity contribution in [2.75, 3.05) is 5.32 Å². The highest BCUT2D eigenvalue weighted by molar-refractivity contribution is 9.10. The third kappa shape index (κ3) is 3.44. The Morgan fingerprint density at radius 1 is 0.931 bits per heavy atom. The lowest BCUT2D eigenvalue weighted by molar-refractivity contribution is 0.416. The van der Waals surface area contributed by atoms with E-state index in [2.05, 4.69) is 33.4 Å². The summed E-state index contributed by atoms with van der Waals surface area (Å²) in [5.74, 6) is 1.05. The van der Waals surface area contributed by atoms with E-state index in [0.717, 1.165) is 15.6 Å². The summed E-state index contributed by atoms with van der Waals surface area (Å²) >= 11 is 3.49. The molecule has 5 rings (SSSR count). The summed E-state index contributed by atoms with van der Waals surface area (Å²) in [6, 6.07) is 24.7. The Morgan fingerprint density at radius 2 is 1.66 bits per heavy atom. The van der Waals surface area contributed by atoms with Crippen molar-refractivity contribution in [1.29, 1.82) is 0 Å². The maximum absolute atomic E-state index is 14.7. The Balaban J connectivity index is 1.61. The van der Waals surface area contributed by atoms with Gasteiger partial charge in [-0.2, -0.15) is 4.98 Å². The van der Waals surface area contributed by atoms with E-state index in [4.69, 9.17) is 10.1 Å². The molecule has 4 nitrogen and oxygen atoms in total. The first-order chi connectivity index (χ1) is 14.2. The van der Waals surface area contributed by atoms with Gasteiger partial charge in [-0.3, -0.25) is 0 Å². The first kappa shape index (κ1) is 18.1. The molecular formula is C23H18BrFN4. The number of nitrogens with zero attached hydrogens (tertiary/aromatic N) is 3. The van der Waals surface area contributed by atoms with Crippen molar-refractivity contribution in [3.8, 4) is 11.4 Å². The van der Waals surface area contributed by atoms with Crippen LogP contribution in [0.3, 0.4) is 0 Å². The molecule has 1 aromatic heterocycles. The third-order valence-corrected chi connectivity index (χ3v) is 5.79. The van der Waals surface area contributed by atoms with Gasteiger partial charge in [-0.05, 0) is 30.2 Å². The lowest BCUT2D eigenvalue weighted by atomic mass is 9.93. The van der Waals surface area contributed by atoms with Crippen LogP contribution < -0.4 is 5.32 Å². The summed E-state index contributed by atoms with van der Waals surface area (Å²) in [5.41, 5.74) is 2.69. The molecule has 0 spiro atoms. The van der Waals surface area contributed by atoms with Crippen LogP contribution in [-0.4, -0.2) is 14.8 Å². The molecule has 1 aliphatic heterocycles. The van der Waals surface area contributed by atoms with Gasteiger partial charge in [0.05, 0.1) is 12.1 Å². The number of fused-ring (bicyclic) bond motifs is 1. The Hall–Kier alpha value is -2.99. The molecule has 29 heavy (non-hydrogen) atoms. The van der Waals surface area contributed by atoms with E-state index in [0.29, 0.717) is 23.8 Å². The first-order valence-electron chi connectivity index (χ1n) is 9.47. The second-order valence-electron chi connectivity index (χ2n) is 7.09. The van der Waals surface area contributed by atoms with Crippen LogP contribution in [0.2, 0.25) is 0 Å². The molecule has 1 aliphatic rings. The van der Waals surface area contributed by atoms with Crippen LogP contribution in [0, 0.1) is 5.82 Å². The number of nitrogens with one attached hydrogen (secondary N) is 1. The van der Waals surface area contributed by atoms with E-state index < -0.39 is 0 Å². The van der Waals surface area contributed by atoms with Crippen LogP contribution in [0.15, 0.2) is 83.3 Å². The van der Waals surface area contributed by atoms with Crippen LogP contribution in [0.25, 0.3) is 11.4 Å². The number of benzene rings is 3.